The van der Waals surface area contributed by atoms with Crippen LogP contribution >= 0.6 is 0 Å². The highest BCUT2D eigenvalue weighted by atomic mass is 16.6. The lowest BCUT2D eigenvalue weighted by molar-refractivity contribution is -0.384. The number of nitriles is 1. The molecule has 0 spiro atoms. The van der Waals surface area contributed by atoms with Crippen LogP contribution in [0.2, 0.25) is 0 Å². The van der Waals surface area contributed by atoms with Gasteiger partial charge in [-0.3, -0.25) is 10.1 Å². The zero-order valence-corrected chi connectivity index (χ0v) is 11.9. The van der Waals surface area contributed by atoms with Gasteiger partial charge >= 0.3 is 0 Å². The highest BCUT2D eigenvalue weighted by molar-refractivity contribution is 5.61. The van der Waals surface area contributed by atoms with E-state index in [1.165, 1.54) is 18.2 Å². The topological polar surface area (TPSA) is 99.2 Å². The van der Waals surface area contributed by atoms with Crippen molar-refractivity contribution in [2.45, 2.75) is 33.2 Å². The maximum absolute atomic E-state index is 10.7. The summed E-state index contributed by atoms with van der Waals surface area (Å²) in [5.74, 6) is 0. The molecular weight excluding hydrogens is 258 g/mol. The molecule has 1 atom stereocenters. The van der Waals surface area contributed by atoms with Crippen molar-refractivity contribution < 1.29 is 10.0 Å². The number of nitro benzene ring substituents is 1. The number of benzene rings is 1. The number of hydrogen-bond acceptors (Lipinski definition) is 5. The molecule has 2 N–H and O–H groups in total. The predicted octanol–water partition coefficient (Wildman–Crippen LogP) is 2.68. The van der Waals surface area contributed by atoms with Crippen LogP contribution in [0.1, 0.15) is 32.8 Å². The van der Waals surface area contributed by atoms with Crippen molar-refractivity contribution in [1.29, 1.82) is 5.26 Å². The van der Waals surface area contributed by atoms with Crippen LogP contribution in [-0.4, -0.2) is 22.7 Å². The van der Waals surface area contributed by atoms with Crippen molar-refractivity contribution in [2.24, 2.45) is 5.41 Å². The normalized spacial score (nSPS) is 12.6. The molecule has 1 unspecified atom stereocenters. The summed E-state index contributed by atoms with van der Waals surface area (Å²) in [5, 5.41) is 32.1. The van der Waals surface area contributed by atoms with Gasteiger partial charge in [0, 0.05) is 24.8 Å². The third kappa shape index (κ3) is 3.93. The van der Waals surface area contributed by atoms with Crippen LogP contribution < -0.4 is 5.32 Å². The van der Waals surface area contributed by atoms with Crippen LogP contribution in [0.5, 0.6) is 0 Å². The fourth-order valence-electron chi connectivity index (χ4n) is 1.90. The molecule has 1 rings (SSSR count). The average Bonchev–Trinajstić information content (AvgIpc) is 2.37. The summed E-state index contributed by atoms with van der Waals surface area (Å²) in [6.07, 6.45) is 0.533. The van der Waals surface area contributed by atoms with E-state index in [-0.39, 0.29) is 29.3 Å². The predicted molar refractivity (Wildman–Crippen MR) is 76.4 cm³/mol. The summed E-state index contributed by atoms with van der Waals surface area (Å²) >= 11 is 0. The van der Waals surface area contributed by atoms with E-state index < -0.39 is 4.92 Å². The highest BCUT2D eigenvalue weighted by Gasteiger charge is 2.25. The van der Waals surface area contributed by atoms with E-state index in [4.69, 9.17) is 10.4 Å². The van der Waals surface area contributed by atoms with E-state index in [0.29, 0.717) is 12.1 Å². The minimum atomic E-state index is -0.528. The van der Waals surface area contributed by atoms with Gasteiger partial charge in [-0.25, -0.2) is 0 Å². The summed E-state index contributed by atoms with van der Waals surface area (Å²) in [7, 11) is 0. The molecule has 0 aliphatic rings. The molecule has 0 saturated heterocycles. The molecule has 108 valence electrons. The zero-order valence-electron chi connectivity index (χ0n) is 11.9. The van der Waals surface area contributed by atoms with Crippen molar-refractivity contribution in [3.8, 4) is 6.07 Å². The summed E-state index contributed by atoms with van der Waals surface area (Å²) in [4.78, 5) is 10.2. The van der Waals surface area contributed by atoms with E-state index in [1.54, 1.807) is 0 Å². The first kappa shape index (κ1) is 15.9. The fraction of sp³-hybridized carbons (Fsp3) is 0.500. The maximum Gasteiger partial charge on any atom is 0.270 e. The fourth-order valence-corrected chi connectivity index (χ4v) is 1.90. The van der Waals surface area contributed by atoms with Crippen LogP contribution in [0.4, 0.5) is 11.4 Å². The molecule has 6 nitrogen and oxygen atoms in total. The standard InChI is InChI=1S/C14H19N3O3/c1-14(2,3)13(6-7-18)16-12-5-4-11(17(19)20)8-10(12)9-15/h4-5,8,13,16,18H,6-7H2,1-3H3. The first-order valence-corrected chi connectivity index (χ1v) is 6.35. The Balaban J connectivity index is 3.07. The number of non-ortho nitro benzene ring substituents is 1. The van der Waals surface area contributed by atoms with Crippen molar-refractivity contribution in [3.05, 3.63) is 33.9 Å². The van der Waals surface area contributed by atoms with Gasteiger partial charge in [-0.15, -0.1) is 0 Å². The first-order chi connectivity index (χ1) is 9.29. The van der Waals surface area contributed by atoms with Crippen molar-refractivity contribution in [3.63, 3.8) is 0 Å². The lowest BCUT2D eigenvalue weighted by Crippen LogP contribution is -2.35. The molecule has 0 heterocycles. The van der Waals surface area contributed by atoms with Crippen molar-refractivity contribution in [2.75, 3.05) is 11.9 Å². The van der Waals surface area contributed by atoms with Gasteiger partial charge in [0.1, 0.15) is 6.07 Å². The molecule has 0 amide bonds. The Morgan fingerprint density at radius 2 is 2.15 bits per heavy atom. The number of nitrogens with one attached hydrogen (secondary N) is 1. The van der Waals surface area contributed by atoms with E-state index in [0.717, 1.165) is 0 Å². The van der Waals surface area contributed by atoms with Gasteiger partial charge in [0.25, 0.3) is 5.69 Å². The van der Waals surface area contributed by atoms with Crippen LogP contribution in [0.3, 0.4) is 0 Å². The monoisotopic (exact) mass is 277 g/mol. The van der Waals surface area contributed by atoms with E-state index in [1.807, 2.05) is 26.8 Å². The lowest BCUT2D eigenvalue weighted by atomic mass is 9.84. The Labute approximate surface area is 118 Å². The average molecular weight is 277 g/mol. The Morgan fingerprint density at radius 3 is 2.60 bits per heavy atom. The number of nitrogens with zero attached hydrogens (tertiary/aromatic N) is 2. The third-order valence-corrected chi connectivity index (χ3v) is 3.13. The van der Waals surface area contributed by atoms with Crippen molar-refractivity contribution in [1.82, 2.24) is 0 Å². The number of aliphatic hydroxyl groups is 1. The second kappa shape index (κ2) is 6.35. The Bertz CT molecular complexity index is 529. The number of hydrogen-bond donors (Lipinski definition) is 2. The van der Waals surface area contributed by atoms with E-state index in [9.17, 15) is 10.1 Å². The van der Waals surface area contributed by atoms with Crippen LogP contribution in [-0.2, 0) is 0 Å². The van der Waals surface area contributed by atoms with Gasteiger partial charge in [-0.2, -0.15) is 5.26 Å². The molecular formula is C14H19N3O3. The quantitative estimate of drug-likeness (QED) is 0.636. The largest absolute Gasteiger partial charge is 0.396 e. The molecule has 0 saturated carbocycles. The second-order valence-electron chi connectivity index (χ2n) is 5.67. The minimum absolute atomic E-state index is 0.0316. The first-order valence-electron chi connectivity index (χ1n) is 6.35. The molecule has 0 radical (unpaired) electrons. The molecule has 0 aromatic heterocycles. The van der Waals surface area contributed by atoms with Gasteiger partial charge in [-0.05, 0) is 17.9 Å². The molecule has 6 heteroatoms. The molecule has 0 aliphatic heterocycles. The second-order valence-corrected chi connectivity index (χ2v) is 5.67. The Kier molecular flexibility index (Phi) is 5.06. The van der Waals surface area contributed by atoms with Gasteiger partial charge in [-0.1, -0.05) is 20.8 Å². The molecule has 1 aromatic rings. The number of aliphatic hydroxyl groups excluding tert-OH is 1. The lowest BCUT2D eigenvalue weighted by Gasteiger charge is -2.32. The Hall–Kier alpha value is -2.13. The zero-order chi connectivity index (χ0) is 15.3. The van der Waals surface area contributed by atoms with Crippen molar-refractivity contribution >= 4 is 11.4 Å². The summed E-state index contributed by atoms with van der Waals surface area (Å²) < 4.78 is 0. The highest BCUT2D eigenvalue weighted by Crippen LogP contribution is 2.28. The van der Waals surface area contributed by atoms with Crippen LogP contribution in [0.25, 0.3) is 0 Å². The maximum atomic E-state index is 10.7. The van der Waals surface area contributed by atoms with Crippen LogP contribution in [0.15, 0.2) is 18.2 Å². The van der Waals surface area contributed by atoms with Crippen LogP contribution in [0, 0.1) is 26.9 Å². The molecule has 0 aliphatic carbocycles. The van der Waals surface area contributed by atoms with Gasteiger partial charge < -0.3 is 10.4 Å². The summed E-state index contributed by atoms with van der Waals surface area (Å²) in [5.41, 5.74) is 0.552. The SMILES string of the molecule is CC(C)(C)C(CCO)Nc1ccc([N+](=O)[O-])cc1C#N. The number of nitro groups is 1. The summed E-state index contributed by atoms with van der Waals surface area (Å²) in [6, 6.07) is 6.07. The van der Waals surface area contributed by atoms with Gasteiger partial charge in [0.15, 0.2) is 0 Å². The Morgan fingerprint density at radius 1 is 1.50 bits per heavy atom. The third-order valence-electron chi connectivity index (χ3n) is 3.13. The van der Waals surface area contributed by atoms with E-state index in [2.05, 4.69) is 5.32 Å². The van der Waals surface area contributed by atoms with Gasteiger partial charge in [0.2, 0.25) is 0 Å². The number of anilines is 1. The molecule has 0 fully saturated rings. The molecule has 0 bridgehead atoms. The van der Waals surface area contributed by atoms with Gasteiger partial charge in [0.05, 0.1) is 16.2 Å². The molecule has 1 aromatic carbocycles. The molecule has 20 heavy (non-hydrogen) atoms. The van der Waals surface area contributed by atoms with E-state index >= 15 is 0 Å². The minimum Gasteiger partial charge on any atom is -0.396 e. The number of rotatable bonds is 5. The summed E-state index contributed by atoms with van der Waals surface area (Å²) in [6.45, 7) is 6.11. The smallest absolute Gasteiger partial charge is 0.270 e.